The molecule has 3 heteroatoms. The van der Waals surface area contributed by atoms with Gasteiger partial charge in [-0.2, -0.15) is 0 Å². The highest BCUT2D eigenvalue weighted by molar-refractivity contribution is 5.70. The van der Waals surface area contributed by atoms with Crippen LogP contribution in [0.3, 0.4) is 0 Å². The molecule has 1 aromatic carbocycles. The van der Waals surface area contributed by atoms with Crippen molar-refractivity contribution in [2.75, 3.05) is 13.1 Å². The lowest BCUT2D eigenvalue weighted by atomic mass is 9.82. The molecule has 158 valence electrons. The molecule has 0 aromatic heterocycles. The summed E-state index contributed by atoms with van der Waals surface area (Å²) in [6, 6.07) is 10.7. The molecular weight excluding hydrogens is 346 g/mol. The van der Waals surface area contributed by atoms with Crippen LogP contribution in [0.15, 0.2) is 30.3 Å². The fourth-order valence-electron chi connectivity index (χ4n) is 4.26. The summed E-state index contributed by atoms with van der Waals surface area (Å²) < 4.78 is 5.53. The topological polar surface area (TPSA) is 38.3 Å². The van der Waals surface area contributed by atoms with Crippen molar-refractivity contribution in [1.82, 2.24) is 5.32 Å². The monoisotopic (exact) mass is 387 g/mol. The maximum atomic E-state index is 12.2. The zero-order valence-electron chi connectivity index (χ0n) is 18.5. The van der Waals surface area contributed by atoms with Crippen LogP contribution in [0.5, 0.6) is 0 Å². The minimum absolute atomic E-state index is 0.0220. The smallest absolute Gasteiger partial charge is 0.306 e. The first-order valence-corrected chi connectivity index (χ1v) is 11.3. The second-order valence-electron chi connectivity index (χ2n) is 9.69. The lowest BCUT2D eigenvalue weighted by molar-refractivity contribution is -0.156. The first-order chi connectivity index (χ1) is 13.3. The van der Waals surface area contributed by atoms with E-state index in [1.54, 1.807) is 0 Å². The molecule has 0 aliphatic heterocycles. The van der Waals surface area contributed by atoms with E-state index in [2.05, 4.69) is 42.6 Å². The van der Waals surface area contributed by atoms with E-state index in [0.29, 0.717) is 18.3 Å². The minimum atomic E-state index is -0.371. The normalized spacial score (nSPS) is 22.1. The third-order valence-corrected chi connectivity index (χ3v) is 5.88. The molecule has 1 aromatic rings. The van der Waals surface area contributed by atoms with Gasteiger partial charge in [0, 0.05) is 13.0 Å². The molecule has 2 rings (SSSR count). The summed E-state index contributed by atoms with van der Waals surface area (Å²) >= 11 is 0. The Morgan fingerprint density at radius 1 is 1.07 bits per heavy atom. The van der Waals surface area contributed by atoms with Crippen LogP contribution in [-0.4, -0.2) is 24.7 Å². The first kappa shape index (κ1) is 22.9. The number of hydrogen-bond acceptors (Lipinski definition) is 3. The molecule has 1 saturated carbocycles. The zero-order valence-corrected chi connectivity index (χ0v) is 18.5. The van der Waals surface area contributed by atoms with Crippen molar-refractivity contribution in [3.63, 3.8) is 0 Å². The van der Waals surface area contributed by atoms with Gasteiger partial charge in [0.1, 0.15) is 5.60 Å². The van der Waals surface area contributed by atoms with Crippen LogP contribution in [-0.2, 0) is 9.53 Å². The van der Waals surface area contributed by atoms with E-state index < -0.39 is 0 Å². The number of ether oxygens (including phenoxy) is 1. The fraction of sp³-hybridized carbons (Fsp3) is 0.720. The highest BCUT2D eigenvalue weighted by Gasteiger charge is 2.23. The Morgan fingerprint density at radius 3 is 2.39 bits per heavy atom. The number of rotatable bonds is 8. The van der Waals surface area contributed by atoms with Crippen molar-refractivity contribution in [2.24, 2.45) is 11.8 Å². The second-order valence-corrected chi connectivity index (χ2v) is 9.69. The van der Waals surface area contributed by atoms with E-state index in [-0.39, 0.29) is 11.6 Å². The average molecular weight is 388 g/mol. The molecular formula is C25H41NO2. The van der Waals surface area contributed by atoms with Crippen LogP contribution < -0.4 is 5.32 Å². The van der Waals surface area contributed by atoms with Crippen LogP contribution >= 0.6 is 0 Å². The molecule has 0 radical (unpaired) electrons. The van der Waals surface area contributed by atoms with E-state index in [1.807, 2.05) is 20.8 Å². The third-order valence-electron chi connectivity index (χ3n) is 5.88. The van der Waals surface area contributed by atoms with E-state index in [4.69, 9.17) is 4.74 Å². The van der Waals surface area contributed by atoms with Crippen LogP contribution in [0.4, 0.5) is 0 Å². The van der Waals surface area contributed by atoms with Gasteiger partial charge in [0.15, 0.2) is 0 Å². The number of nitrogens with one attached hydrogen (secondary N) is 1. The largest absolute Gasteiger partial charge is 0.460 e. The maximum absolute atomic E-state index is 12.2. The van der Waals surface area contributed by atoms with Gasteiger partial charge in [-0.3, -0.25) is 4.79 Å². The van der Waals surface area contributed by atoms with Crippen molar-refractivity contribution >= 4 is 5.97 Å². The molecule has 1 aliphatic carbocycles. The van der Waals surface area contributed by atoms with Gasteiger partial charge in [0.25, 0.3) is 0 Å². The van der Waals surface area contributed by atoms with Crippen LogP contribution in [0.1, 0.15) is 90.5 Å². The Hall–Kier alpha value is -1.35. The lowest BCUT2D eigenvalue weighted by Gasteiger charge is -2.26. The molecule has 3 unspecified atom stereocenters. The predicted molar refractivity (Wildman–Crippen MR) is 117 cm³/mol. The molecule has 0 spiro atoms. The van der Waals surface area contributed by atoms with Crippen molar-refractivity contribution in [1.29, 1.82) is 0 Å². The van der Waals surface area contributed by atoms with E-state index in [9.17, 15) is 4.79 Å². The van der Waals surface area contributed by atoms with E-state index in [1.165, 1.54) is 50.5 Å². The summed E-state index contributed by atoms with van der Waals surface area (Å²) in [5.41, 5.74) is 1.04. The summed E-state index contributed by atoms with van der Waals surface area (Å²) in [5, 5.41) is 3.66. The van der Waals surface area contributed by atoms with Gasteiger partial charge in [-0.1, -0.05) is 62.9 Å². The van der Waals surface area contributed by atoms with Gasteiger partial charge in [-0.05, 0) is 69.9 Å². The number of esters is 1. The second kappa shape index (κ2) is 11.6. The third kappa shape index (κ3) is 9.23. The van der Waals surface area contributed by atoms with Gasteiger partial charge >= 0.3 is 5.97 Å². The van der Waals surface area contributed by atoms with Crippen molar-refractivity contribution in [3.8, 4) is 0 Å². The Labute approximate surface area is 172 Å². The average Bonchev–Trinajstić information content (AvgIpc) is 2.62. The maximum Gasteiger partial charge on any atom is 0.306 e. The Kier molecular flexibility index (Phi) is 9.50. The molecule has 0 amide bonds. The molecule has 3 atom stereocenters. The number of hydrogen-bond donors (Lipinski definition) is 1. The summed E-state index contributed by atoms with van der Waals surface area (Å²) in [6.07, 6.45) is 9.34. The highest BCUT2D eigenvalue weighted by atomic mass is 16.6. The van der Waals surface area contributed by atoms with Gasteiger partial charge in [-0.15, -0.1) is 0 Å². The van der Waals surface area contributed by atoms with Crippen LogP contribution in [0.2, 0.25) is 0 Å². The molecule has 0 saturated heterocycles. The van der Waals surface area contributed by atoms with Gasteiger partial charge < -0.3 is 10.1 Å². The molecule has 0 heterocycles. The van der Waals surface area contributed by atoms with E-state index in [0.717, 1.165) is 19.0 Å². The predicted octanol–water partition coefficient (Wildman–Crippen LogP) is 6.09. The molecule has 28 heavy (non-hydrogen) atoms. The van der Waals surface area contributed by atoms with Gasteiger partial charge in [0.2, 0.25) is 0 Å². The Bertz CT molecular complexity index is 564. The van der Waals surface area contributed by atoms with Crippen molar-refractivity contribution in [3.05, 3.63) is 35.9 Å². The summed E-state index contributed by atoms with van der Waals surface area (Å²) in [5.74, 6) is 1.83. The van der Waals surface area contributed by atoms with Crippen LogP contribution in [0.25, 0.3) is 0 Å². The summed E-state index contributed by atoms with van der Waals surface area (Å²) in [6.45, 7) is 10.3. The van der Waals surface area contributed by atoms with Gasteiger partial charge in [-0.25, -0.2) is 0 Å². The Morgan fingerprint density at radius 2 is 1.71 bits per heavy atom. The number of carbonyl (C=O) groups is 1. The quantitative estimate of drug-likeness (QED) is 0.433. The summed E-state index contributed by atoms with van der Waals surface area (Å²) in [7, 11) is 0. The minimum Gasteiger partial charge on any atom is -0.460 e. The van der Waals surface area contributed by atoms with Crippen molar-refractivity contribution in [2.45, 2.75) is 90.6 Å². The lowest BCUT2D eigenvalue weighted by Crippen LogP contribution is -2.26. The first-order valence-electron chi connectivity index (χ1n) is 11.3. The van der Waals surface area contributed by atoms with Crippen LogP contribution in [0, 0.1) is 11.8 Å². The standard InChI is InChI=1S/C25H41NO2/c1-20(23-12-6-5-7-13-23)19-26-17-16-21-10-8-9-11-22(15-14-21)18-24(27)28-25(2,3)4/h5-7,12-13,20-22,26H,8-11,14-19H2,1-4H3. The van der Waals surface area contributed by atoms with E-state index >= 15 is 0 Å². The van der Waals surface area contributed by atoms with Gasteiger partial charge in [0.05, 0.1) is 0 Å². The molecule has 1 N–H and O–H groups in total. The SMILES string of the molecule is CC(CNCCC1CCCCC(CC(=O)OC(C)(C)C)CC1)c1ccccc1. The highest BCUT2D eigenvalue weighted by Crippen LogP contribution is 2.30. The fourth-order valence-corrected chi connectivity index (χ4v) is 4.26. The molecule has 0 bridgehead atoms. The summed E-state index contributed by atoms with van der Waals surface area (Å²) in [4.78, 5) is 12.2. The number of benzene rings is 1. The number of carbonyl (C=O) groups excluding carboxylic acids is 1. The Balaban J connectivity index is 1.67. The molecule has 1 fully saturated rings. The zero-order chi connectivity index (χ0) is 20.4. The molecule has 3 nitrogen and oxygen atoms in total. The van der Waals surface area contributed by atoms with Crippen molar-refractivity contribution < 1.29 is 9.53 Å². The molecule has 1 aliphatic rings.